The van der Waals surface area contributed by atoms with Crippen LogP contribution in [-0.4, -0.2) is 36.0 Å². The Morgan fingerprint density at radius 3 is 2.82 bits per heavy atom. The van der Waals surface area contributed by atoms with Crippen LogP contribution in [0.4, 0.5) is 5.69 Å². The van der Waals surface area contributed by atoms with Crippen LogP contribution in [-0.2, 0) is 4.79 Å². The Balaban J connectivity index is 1.88. The molecule has 0 amide bonds. The molecule has 0 aliphatic carbocycles. The summed E-state index contributed by atoms with van der Waals surface area (Å²) in [6.45, 7) is 6.15. The Labute approximate surface area is 133 Å². The zero-order valence-corrected chi connectivity index (χ0v) is 13.7. The molecule has 2 heterocycles. The van der Waals surface area contributed by atoms with Crippen LogP contribution in [0, 0.1) is 0 Å². The van der Waals surface area contributed by atoms with Crippen molar-refractivity contribution in [3.05, 3.63) is 42.0 Å². The van der Waals surface area contributed by atoms with Crippen molar-refractivity contribution in [1.29, 1.82) is 0 Å². The molecule has 2 atom stereocenters. The van der Waals surface area contributed by atoms with Crippen LogP contribution in [0.3, 0.4) is 0 Å². The van der Waals surface area contributed by atoms with Crippen LogP contribution in [0.25, 0.3) is 0 Å². The molecule has 0 spiro atoms. The molecule has 0 N–H and O–H groups in total. The maximum Gasteiger partial charge on any atom is 0.195 e. The van der Waals surface area contributed by atoms with Gasteiger partial charge in [-0.2, -0.15) is 0 Å². The van der Waals surface area contributed by atoms with E-state index in [-0.39, 0.29) is 11.9 Å². The fourth-order valence-corrected chi connectivity index (χ4v) is 3.71. The zero-order chi connectivity index (χ0) is 15.5. The molecule has 3 rings (SSSR count). The first kappa shape index (κ1) is 15.3. The summed E-state index contributed by atoms with van der Waals surface area (Å²) >= 11 is 0. The largest absolute Gasteiger partial charge is 0.347 e. The van der Waals surface area contributed by atoms with E-state index in [0.717, 1.165) is 31.5 Å². The Hall–Kier alpha value is -1.61. The molecule has 118 valence electrons. The van der Waals surface area contributed by atoms with Gasteiger partial charge >= 0.3 is 0 Å². The second-order valence-electron chi connectivity index (χ2n) is 6.44. The summed E-state index contributed by atoms with van der Waals surface area (Å²) < 4.78 is 0. The van der Waals surface area contributed by atoms with Crippen molar-refractivity contribution in [3.63, 3.8) is 0 Å². The fraction of sp³-hybridized carbons (Fsp3) is 0.526. The molecule has 2 unspecified atom stereocenters. The number of fused-ring (bicyclic) bond motifs is 1. The molecule has 2 saturated heterocycles. The van der Waals surface area contributed by atoms with E-state index >= 15 is 0 Å². The van der Waals surface area contributed by atoms with Crippen molar-refractivity contribution < 1.29 is 4.79 Å². The van der Waals surface area contributed by atoms with Gasteiger partial charge in [-0.3, -0.25) is 9.69 Å². The number of ketones is 1. The van der Waals surface area contributed by atoms with E-state index in [1.54, 1.807) is 0 Å². The van der Waals surface area contributed by atoms with Gasteiger partial charge in [0.25, 0.3) is 0 Å². The molecule has 0 aromatic heterocycles. The molecule has 2 aliphatic rings. The zero-order valence-electron chi connectivity index (χ0n) is 13.7. The minimum atomic E-state index is -0.108. The number of carbonyl (C=O) groups is 1. The van der Waals surface area contributed by atoms with E-state index < -0.39 is 0 Å². The highest BCUT2D eigenvalue weighted by molar-refractivity contribution is 6.01. The predicted molar refractivity (Wildman–Crippen MR) is 91.0 cm³/mol. The van der Waals surface area contributed by atoms with Gasteiger partial charge in [-0.15, -0.1) is 0 Å². The second kappa shape index (κ2) is 6.66. The highest BCUT2D eigenvalue weighted by Crippen LogP contribution is 2.34. The molecule has 3 nitrogen and oxygen atoms in total. The Kier molecular flexibility index (Phi) is 4.63. The SMILES string of the molecule is CCC/C=C(\C)C(=O)C1N(c2ccccc2)CC2CCCN21. The quantitative estimate of drug-likeness (QED) is 0.776. The summed E-state index contributed by atoms with van der Waals surface area (Å²) in [5.74, 6) is 0.279. The standard InChI is InChI=1S/C19H26N2O/c1-3-4-9-15(2)18(22)19-20-13-8-12-17(20)14-21(19)16-10-6-5-7-11-16/h5-7,9-11,17,19H,3-4,8,12-14H2,1-2H3/b15-9+. The number of Topliss-reactive ketones (excluding diaryl/α,β-unsaturated/α-hetero) is 1. The number of unbranched alkanes of at least 4 members (excludes halogenated alkanes) is 1. The molecule has 3 heteroatoms. The van der Waals surface area contributed by atoms with Gasteiger partial charge in [-0.25, -0.2) is 0 Å². The van der Waals surface area contributed by atoms with Crippen LogP contribution >= 0.6 is 0 Å². The maximum absolute atomic E-state index is 13.0. The number of rotatable bonds is 5. The van der Waals surface area contributed by atoms with E-state index in [1.807, 2.05) is 13.0 Å². The summed E-state index contributed by atoms with van der Waals surface area (Å²) in [4.78, 5) is 17.7. The summed E-state index contributed by atoms with van der Waals surface area (Å²) in [5.41, 5.74) is 2.08. The highest BCUT2D eigenvalue weighted by Gasteiger charge is 2.45. The normalized spacial score (nSPS) is 25.5. The maximum atomic E-state index is 13.0. The molecule has 0 radical (unpaired) electrons. The molecule has 2 fully saturated rings. The molecular weight excluding hydrogens is 272 g/mol. The Morgan fingerprint density at radius 2 is 2.09 bits per heavy atom. The van der Waals surface area contributed by atoms with Gasteiger partial charge in [0.1, 0.15) is 6.17 Å². The molecular formula is C19H26N2O. The molecule has 1 aromatic carbocycles. The van der Waals surface area contributed by atoms with Gasteiger partial charge in [-0.1, -0.05) is 37.6 Å². The van der Waals surface area contributed by atoms with E-state index in [1.165, 1.54) is 18.5 Å². The molecule has 0 saturated carbocycles. The van der Waals surface area contributed by atoms with E-state index in [0.29, 0.717) is 6.04 Å². The third kappa shape index (κ3) is 2.82. The van der Waals surface area contributed by atoms with Crippen LogP contribution in [0.2, 0.25) is 0 Å². The van der Waals surface area contributed by atoms with Crippen LogP contribution in [0.5, 0.6) is 0 Å². The number of hydrogen-bond donors (Lipinski definition) is 0. The van der Waals surface area contributed by atoms with E-state index in [4.69, 9.17) is 0 Å². The molecule has 2 aliphatic heterocycles. The van der Waals surface area contributed by atoms with Crippen molar-refractivity contribution in [2.45, 2.75) is 51.7 Å². The van der Waals surface area contributed by atoms with Gasteiger partial charge in [0.2, 0.25) is 0 Å². The minimum Gasteiger partial charge on any atom is -0.347 e. The summed E-state index contributed by atoms with van der Waals surface area (Å²) in [5, 5.41) is 0. The van der Waals surface area contributed by atoms with Gasteiger partial charge in [-0.05, 0) is 43.9 Å². The van der Waals surface area contributed by atoms with Gasteiger partial charge < -0.3 is 4.90 Å². The molecule has 22 heavy (non-hydrogen) atoms. The summed E-state index contributed by atoms with van der Waals surface area (Å²) in [7, 11) is 0. The number of anilines is 1. The third-order valence-electron chi connectivity index (χ3n) is 4.89. The molecule has 1 aromatic rings. The highest BCUT2D eigenvalue weighted by atomic mass is 16.1. The van der Waals surface area contributed by atoms with Gasteiger partial charge in [0, 0.05) is 24.8 Å². The van der Waals surface area contributed by atoms with Gasteiger partial charge in [0.15, 0.2) is 5.78 Å². The monoisotopic (exact) mass is 298 g/mol. The first-order valence-corrected chi connectivity index (χ1v) is 8.50. The van der Waals surface area contributed by atoms with Crippen molar-refractivity contribution in [1.82, 2.24) is 4.90 Å². The lowest BCUT2D eigenvalue weighted by Gasteiger charge is -2.30. The van der Waals surface area contributed by atoms with Crippen LogP contribution in [0.1, 0.15) is 39.5 Å². The number of benzene rings is 1. The number of allylic oxidation sites excluding steroid dienone is 1. The van der Waals surface area contributed by atoms with E-state index in [2.05, 4.69) is 47.1 Å². The predicted octanol–water partition coefficient (Wildman–Crippen LogP) is 3.61. The second-order valence-corrected chi connectivity index (χ2v) is 6.44. The lowest BCUT2D eigenvalue weighted by Crippen LogP contribution is -2.45. The van der Waals surface area contributed by atoms with Crippen LogP contribution in [0.15, 0.2) is 42.0 Å². The van der Waals surface area contributed by atoms with Gasteiger partial charge in [0.05, 0.1) is 0 Å². The fourth-order valence-electron chi connectivity index (χ4n) is 3.71. The number of carbonyl (C=O) groups excluding carboxylic acids is 1. The first-order chi connectivity index (χ1) is 10.7. The van der Waals surface area contributed by atoms with Crippen molar-refractivity contribution in [2.24, 2.45) is 0 Å². The first-order valence-electron chi connectivity index (χ1n) is 8.50. The lowest BCUT2D eigenvalue weighted by molar-refractivity contribution is -0.119. The van der Waals surface area contributed by atoms with Crippen molar-refractivity contribution >= 4 is 11.5 Å². The minimum absolute atomic E-state index is 0.108. The number of nitrogens with zero attached hydrogens (tertiary/aromatic N) is 2. The van der Waals surface area contributed by atoms with Crippen molar-refractivity contribution in [3.8, 4) is 0 Å². The lowest BCUT2D eigenvalue weighted by atomic mass is 10.1. The number of para-hydroxylation sites is 1. The summed E-state index contributed by atoms with van der Waals surface area (Å²) in [6, 6.07) is 10.9. The summed E-state index contributed by atoms with van der Waals surface area (Å²) in [6.07, 6.45) is 6.50. The molecule has 0 bridgehead atoms. The third-order valence-corrected chi connectivity index (χ3v) is 4.89. The topological polar surface area (TPSA) is 23.6 Å². The average molecular weight is 298 g/mol. The van der Waals surface area contributed by atoms with E-state index in [9.17, 15) is 4.79 Å². The van der Waals surface area contributed by atoms with Crippen molar-refractivity contribution in [2.75, 3.05) is 18.0 Å². The Bertz CT molecular complexity index is 552. The smallest absolute Gasteiger partial charge is 0.195 e. The number of hydrogen-bond acceptors (Lipinski definition) is 3. The average Bonchev–Trinajstić information content (AvgIpc) is 3.13. The van der Waals surface area contributed by atoms with Crippen LogP contribution < -0.4 is 4.90 Å². The Morgan fingerprint density at radius 1 is 1.32 bits per heavy atom.